The van der Waals surface area contributed by atoms with Gasteiger partial charge in [0.2, 0.25) is 0 Å². The lowest BCUT2D eigenvalue weighted by Crippen LogP contribution is -2.30. The Morgan fingerprint density at radius 1 is 0.304 bits per heavy atom. The predicted molar refractivity (Wildman–Crippen MR) is 297 cm³/mol. The molecule has 0 bridgehead atoms. The molecule has 0 aromatic carbocycles. The first-order chi connectivity index (χ1) is 34.0. The van der Waals surface area contributed by atoms with E-state index in [-0.39, 0.29) is 31.1 Å². The number of hydrogen-bond donors (Lipinski definition) is 0. The smallest absolute Gasteiger partial charge is 0.306 e. The van der Waals surface area contributed by atoms with Crippen molar-refractivity contribution in [1.29, 1.82) is 0 Å². The number of carbonyl (C=O) groups excluding carboxylic acids is 3. The van der Waals surface area contributed by atoms with Crippen LogP contribution in [0.2, 0.25) is 0 Å². The summed E-state index contributed by atoms with van der Waals surface area (Å²) in [6, 6.07) is 0. The molecule has 0 rings (SSSR count). The van der Waals surface area contributed by atoms with Gasteiger partial charge in [-0.15, -0.1) is 0 Å². The second-order valence-corrected chi connectivity index (χ2v) is 18.6. The molecule has 0 amide bonds. The molecule has 0 aliphatic carbocycles. The summed E-state index contributed by atoms with van der Waals surface area (Å²) in [5.74, 6) is -0.949. The Morgan fingerprint density at radius 3 is 0.928 bits per heavy atom. The largest absolute Gasteiger partial charge is 0.462 e. The van der Waals surface area contributed by atoms with E-state index in [0.29, 0.717) is 19.3 Å². The molecule has 0 spiro atoms. The van der Waals surface area contributed by atoms with Crippen molar-refractivity contribution in [1.82, 2.24) is 0 Å². The summed E-state index contributed by atoms with van der Waals surface area (Å²) in [6.45, 7) is 6.43. The molecular weight excluding hydrogens is 853 g/mol. The monoisotopic (exact) mass is 957 g/mol. The number of allylic oxidation sites excluding steroid dienone is 18. The van der Waals surface area contributed by atoms with Crippen LogP contribution < -0.4 is 0 Å². The van der Waals surface area contributed by atoms with Crippen LogP contribution in [0.5, 0.6) is 0 Å². The van der Waals surface area contributed by atoms with Gasteiger partial charge < -0.3 is 14.2 Å². The maximum Gasteiger partial charge on any atom is 0.306 e. The van der Waals surface area contributed by atoms with Gasteiger partial charge in [-0.25, -0.2) is 0 Å². The van der Waals surface area contributed by atoms with E-state index in [4.69, 9.17) is 14.2 Å². The van der Waals surface area contributed by atoms with E-state index >= 15 is 0 Å². The van der Waals surface area contributed by atoms with Crippen LogP contribution in [0.4, 0.5) is 0 Å². The van der Waals surface area contributed by atoms with Crippen molar-refractivity contribution in [3.63, 3.8) is 0 Å². The standard InChI is InChI=1S/C63H104O6/c1-4-7-10-13-16-19-22-25-28-30-32-35-38-41-44-47-50-53-56-62(65)68-59-60(58-67-61(64)55-52-49-46-43-40-37-34-27-24-21-18-15-12-9-6-3)69-63(66)57-54-51-48-45-42-39-36-33-31-29-26-23-20-17-14-11-8-5-2/h9,12,15-16,18-19,21-22,24-25,28-33,35-36,60H,4-8,10-11,13-14,17,20,23,26-27,34,37-59H2,1-3H3/b12-9-,18-15-,19-16-,24-21-,25-22-,30-28-,31-29-,35-32-,36-33-. The summed E-state index contributed by atoms with van der Waals surface area (Å²) in [6.07, 6.45) is 76.4. The van der Waals surface area contributed by atoms with Crippen LogP contribution in [0, 0.1) is 0 Å². The summed E-state index contributed by atoms with van der Waals surface area (Å²) in [4.78, 5) is 38.2. The Morgan fingerprint density at radius 2 is 0.565 bits per heavy atom. The molecule has 1 atom stereocenters. The van der Waals surface area contributed by atoms with Crippen molar-refractivity contribution < 1.29 is 28.6 Å². The van der Waals surface area contributed by atoms with E-state index in [2.05, 4.69) is 130 Å². The second kappa shape index (κ2) is 56.7. The molecule has 69 heavy (non-hydrogen) atoms. The average Bonchev–Trinajstić information content (AvgIpc) is 3.35. The number of unbranched alkanes of at least 4 members (excludes halogenated alkanes) is 27. The van der Waals surface area contributed by atoms with Crippen molar-refractivity contribution in [3.8, 4) is 0 Å². The molecule has 0 saturated heterocycles. The Bertz CT molecular complexity index is 1420. The highest BCUT2D eigenvalue weighted by atomic mass is 16.6. The van der Waals surface area contributed by atoms with Crippen LogP contribution in [-0.4, -0.2) is 37.2 Å². The highest BCUT2D eigenvalue weighted by Crippen LogP contribution is 2.14. The fourth-order valence-electron chi connectivity index (χ4n) is 7.62. The van der Waals surface area contributed by atoms with Gasteiger partial charge in [-0.2, -0.15) is 0 Å². The summed E-state index contributed by atoms with van der Waals surface area (Å²) < 4.78 is 16.8. The van der Waals surface area contributed by atoms with Crippen molar-refractivity contribution in [3.05, 3.63) is 109 Å². The van der Waals surface area contributed by atoms with Crippen LogP contribution in [0.15, 0.2) is 109 Å². The summed E-state index contributed by atoms with van der Waals surface area (Å²) in [5, 5.41) is 0. The molecule has 1 unspecified atom stereocenters. The van der Waals surface area contributed by atoms with Crippen LogP contribution >= 0.6 is 0 Å². The first kappa shape index (κ1) is 65.1. The first-order valence-electron chi connectivity index (χ1n) is 28.5. The van der Waals surface area contributed by atoms with Crippen molar-refractivity contribution in [2.24, 2.45) is 0 Å². The van der Waals surface area contributed by atoms with Crippen LogP contribution in [0.1, 0.15) is 252 Å². The number of ether oxygens (including phenoxy) is 3. The Kier molecular flexibility index (Phi) is 53.4. The van der Waals surface area contributed by atoms with Crippen LogP contribution in [0.25, 0.3) is 0 Å². The van der Waals surface area contributed by atoms with Gasteiger partial charge in [0.15, 0.2) is 6.10 Å². The number of hydrogen-bond acceptors (Lipinski definition) is 6. The van der Waals surface area contributed by atoms with E-state index in [1.165, 1.54) is 96.3 Å². The fourth-order valence-corrected chi connectivity index (χ4v) is 7.62. The Hall–Kier alpha value is -3.93. The van der Waals surface area contributed by atoms with Crippen molar-refractivity contribution in [2.45, 2.75) is 258 Å². The molecule has 0 aromatic rings. The lowest BCUT2D eigenvalue weighted by Gasteiger charge is -2.18. The maximum atomic E-state index is 12.9. The fraction of sp³-hybridized carbons (Fsp3) is 0.667. The normalized spacial score (nSPS) is 12.9. The quantitative estimate of drug-likeness (QED) is 0.0262. The molecule has 0 fully saturated rings. The topological polar surface area (TPSA) is 78.9 Å². The molecule has 6 nitrogen and oxygen atoms in total. The second-order valence-electron chi connectivity index (χ2n) is 18.6. The van der Waals surface area contributed by atoms with Crippen molar-refractivity contribution >= 4 is 17.9 Å². The number of carbonyl (C=O) groups is 3. The minimum atomic E-state index is -0.804. The highest BCUT2D eigenvalue weighted by molar-refractivity contribution is 5.71. The third kappa shape index (κ3) is 54.9. The molecule has 0 N–H and O–H groups in total. The van der Waals surface area contributed by atoms with E-state index in [1.54, 1.807) is 0 Å². The van der Waals surface area contributed by atoms with Gasteiger partial charge in [-0.3, -0.25) is 14.4 Å². The zero-order valence-corrected chi connectivity index (χ0v) is 44.8. The van der Waals surface area contributed by atoms with Crippen LogP contribution in [-0.2, 0) is 28.6 Å². The summed E-state index contributed by atoms with van der Waals surface area (Å²) >= 11 is 0. The minimum absolute atomic E-state index is 0.100. The molecule has 0 aromatic heterocycles. The van der Waals surface area contributed by atoms with Crippen LogP contribution in [0.3, 0.4) is 0 Å². The summed E-state index contributed by atoms with van der Waals surface area (Å²) in [5.41, 5.74) is 0. The highest BCUT2D eigenvalue weighted by Gasteiger charge is 2.19. The van der Waals surface area contributed by atoms with Gasteiger partial charge >= 0.3 is 17.9 Å². The third-order valence-electron chi connectivity index (χ3n) is 11.9. The zero-order valence-electron chi connectivity index (χ0n) is 44.8. The van der Waals surface area contributed by atoms with Gasteiger partial charge in [0.1, 0.15) is 13.2 Å². The minimum Gasteiger partial charge on any atom is -0.462 e. The lowest BCUT2D eigenvalue weighted by molar-refractivity contribution is -0.167. The van der Waals surface area contributed by atoms with Gasteiger partial charge in [0.05, 0.1) is 0 Å². The molecule has 392 valence electrons. The summed E-state index contributed by atoms with van der Waals surface area (Å²) in [7, 11) is 0. The van der Waals surface area contributed by atoms with Gasteiger partial charge in [-0.1, -0.05) is 252 Å². The van der Waals surface area contributed by atoms with Gasteiger partial charge in [-0.05, 0) is 89.9 Å². The Labute approximate surface area is 425 Å². The molecule has 0 radical (unpaired) electrons. The predicted octanol–water partition coefficient (Wildman–Crippen LogP) is 19.1. The molecule has 0 aliphatic rings. The van der Waals surface area contributed by atoms with Crippen molar-refractivity contribution in [2.75, 3.05) is 13.2 Å². The molecule has 6 heteroatoms. The molecule has 0 heterocycles. The Balaban J connectivity index is 4.50. The van der Waals surface area contributed by atoms with E-state index in [0.717, 1.165) is 116 Å². The maximum absolute atomic E-state index is 12.9. The molecule has 0 aliphatic heterocycles. The lowest BCUT2D eigenvalue weighted by atomic mass is 10.1. The number of rotatable bonds is 50. The first-order valence-corrected chi connectivity index (χ1v) is 28.5. The number of esters is 3. The zero-order chi connectivity index (χ0) is 50.0. The molecule has 0 saturated carbocycles. The van der Waals surface area contributed by atoms with E-state index in [9.17, 15) is 14.4 Å². The molecular formula is C63H104O6. The van der Waals surface area contributed by atoms with E-state index in [1.807, 2.05) is 0 Å². The third-order valence-corrected chi connectivity index (χ3v) is 11.9. The average molecular weight is 958 g/mol. The van der Waals surface area contributed by atoms with Gasteiger partial charge in [0.25, 0.3) is 0 Å². The van der Waals surface area contributed by atoms with Gasteiger partial charge in [0, 0.05) is 19.3 Å². The van der Waals surface area contributed by atoms with E-state index < -0.39 is 6.10 Å². The SMILES string of the molecule is CC\C=C/C=C\C=C/CCCCCCCCCC(=O)OCC(COC(=O)CCCCCCC\C=C/C=C\C=C/C=C\CCCCC)OC(=O)CCCCCCC/C=C\C=C/CCCCCCCCC.